The monoisotopic (exact) mass is 290 g/mol. The van der Waals surface area contributed by atoms with Crippen LogP contribution >= 0.6 is 11.3 Å². The van der Waals surface area contributed by atoms with E-state index in [1.807, 2.05) is 4.90 Å². The molecule has 1 unspecified atom stereocenters. The van der Waals surface area contributed by atoms with E-state index in [0.717, 1.165) is 24.2 Å². The van der Waals surface area contributed by atoms with Crippen LogP contribution in [0.5, 0.6) is 0 Å². The van der Waals surface area contributed by atoms with Gasteiger partial charge in [-0.05, 0) is 18.8 Å². The van der Waals surface area contributed by atoms with Crippen molar-refractivity contribution in [3.63, 3.8) is 0 Å². The Morgan fingerprint density at radius 3 is 2.90 bits per heavy atom. The van der Waals surface area contributed by atoms with Crippen LogP contribution in [-0.4, -0.2) is 33.4 Å². The molecule has 1 atom stereocenters. The molecule has 1 aliphatic heterocycles. The average Bonchev–Trinajstić information content (AvgIpc) is 3.04. The van der Waals surface area contributed by atoms with Crippen LogP contribution in [0.15, 0.2) is 12.4 Å². The zero-order valence-electron chi connectivity index (χ0n) is 11.7. The maximum absolute atomic E-state index is 12.8. The standard InChI is InChI=1S/C14H18N4OS/c1-8(2)9-4-3-7-18(9)14(19)12-10(15)11-13(20-12)17-6-5-16-11/h5-6,8-9H,3-4,7,15H2,1-2H3. The first-order valence-corrected chi connectivity index (χ1v) is 7.71. The molecule has 2 aromatic heterocycles. The van der Waals surface area contributed by atoms with Crippen molar-refractivity contribution in [2.75, 3.05) is 12.3 Å². The number of thiophene rings is 1. The molecule has 2 N–H and O–H groups in total. The summed E-state index contributed by atoms with van der Waals surface area (Å²) in [6.07, 6.45) is 5.37. The van der Waals surface area contributed by atoms with Gasteiger partial charge in [0.2, 0.25) is 0 Å². The minimum absolute atomic E-state index is 0.0310. The molecule has 3 heterocycles. The van der Waals surface area contributed by atoms with Crippen molar-refractivity contribution in [2.24, 2.45) is 5.92 Å². The Kier molecular flexibility index (Phi) is 3.33. The Morgan fingerprint density at radius 1 is 1.45 bits per heavy atom. The summed E-state index contributed by atoms with van der Waals surface area (Å²) in [5.41, 5.74) is 7.20. The average molecular weight is 290 g/mol. The summed E-state index contributed by atoms with van der Waals surface area (Å²) < 4.78 is 0. The number of aromatic nitrogens is 2. The highest BCUT2D eigenvalue weighted by molar-refractivity contribution is 7.21. The van der Waals surface area contributed by atoms with Crippen LogP contribution in [-0.2, 0) is 0 Å². The number of fused-ring (bicyclic) bond motifs is 1. The molecule has 1 saturated heterocycles. The molecule has 106 valence electrons. The molecule has 1 fully saturated rings. The van der Waals surface area contributed by atoms with Gasteiger partial charge in [0.1, 0.15) is 15.2 Å². The van der Waals surface area contributed by atoms with E-state index >= 15 is 0 Å². The number of hydrogen-bond acceptors (Lipinski definition) is 5. The summed E-state index contributed by atoms with van der Waals surface area (Å²) >= 11 is 1.34. The zero-order valence-corrected chi connectivity index (χ0v) is 12.5. The lowest BCUT2D eigenvalue weighted by molar-refractivity contribution is 0.0707. The van der Waals surface area contributed by atoms with Crippen LogP contribution in [0, 0.1) is 5.92 Å². The fourth-order valence-corrected chi connectivity index (χ4v) is 3.85. The van der Waals surface area contributed by atoms with Crippen LogP contribution < -0.4 is 5.73 Å². The number of carbonyl (C=O) groups excluding carboxylic acids is 1. The van der Waals surface area contributed by atoms with Crippen molar-refractivity contribution in [1.29, 1.82) is 0 Å². The molecular formula is C14H18N4OS. The summed E-state index contributed by atoms with van der Waals surface area (Å²) in [5.74, 6) is 0.497. The molecule has 20 heavy (non-hydrogen) atoms. The summed E-state index contributed by atoms with van der Waals surface area (Å²) in [7, 11) is 0. The lowest BCUT2D eigenvalue weighted by atomic mass is 10.0. The number of rotatable bonds is 2. The number of nitrogens with two attached hydrogens (primary N) is 1. The Balaban J connectivity index is 1.98. The van der Waals surface area contributed by atoms with Gasteiger partial charge in [-0.15, -0.1) is 11.3 Å². The molecule has 6 heteroatoms. The predicted octanol–water partition coefficient (Wildman–Crippen LogP) is 2.53. The largest absolute Gasteiger partial charge is 0.396 e. The minimum Gasteiger partial charge on any atom is -0.396 e. The van der Waals surface area contributed by atoms with Crippen molar-refractivity contribution < 1.29 is 4.79 Å². The molecule has 1 amide bonds. The number of nitrogen functional groups attached to an aromatic ring is 1. The second kappa shape index (κ2) is 5.01. The number of anilines is 1. The normalized spacial score (nSPS) is 19.1. The first kappa shape index (κ1) is 13.3. The number of nitrogens with zero attached hydrogens (tertiary/aromatic N) is 3. The summed E-state index contributed by atoms with van der Waals surface area (Å²) in [6.45, 7) is 5.14. The summed E-state index contributed by atoms with van der Waals surface area (Å²) in [6, 6.07) is 0.313. The van der Waals surface area contributed by atoms with Crippen molar-refractivity contribution in [2.45, 2.75) is 32.7 Å². The molecule has 0 bridgehead atoms. The van der Waals surface area contributed by atoms with E-state index in [-0.39, 0.29) is 5.91 Å². The maximum Gasteiger partial charge on any atom is 0.266 e. The van der Waals surface area contributed by atoms with Gasteiger partial charge in [0.15, 0.2) is 0 Å². The molecule has 0 spiro atoms. The van der Waals surface area contributed by atoms with Crippen LogP contribution in [0.1, 0.15) is 36.4 Å². The van der Waals surface area contributed by atoms with E-state index in [0.29, 0.717) is 28.0 Å². The Morgan fingerprint density at radius 2 is 2.20 bits per heavy atom. The Labute approximate surface area is 121 Å². The van der Waals surface area contributed by atoms with Gasteiger partial charge in [0, 0.05) is 25.0 Å². The van der Waals surface area contributed by atoms with Crippen molar-refractivity contribution in [3.8, 4) is 0 Å². The van der Waals surface area contributed by atoms with E-state index in [2.05, 4.69) is 23.8 Å². The Hall–Kier alpha value is -1.69. The summed E-state index contributed by atoms with van der Waals surface area (Å²) in [4.78, 5) is 24.5. The van der Waals surface area contributed by atoms with Crippen LogP contribution in [0.2, 0.25) is 0 Å². The lowest BCUT2D eigenvalue weighted by Gasteiger charge is -2.27. The van der Waals surface area contributed by atoms with Crippen LogP contribution in [0.3, 0.4) is 0 Å². The van der Waals surface area contributed by atoms with E-state index in [1.165, 1.54) is 11.3 Å². The van der Waals surface area contributed by atoms with Crippen molar-refractivity contribution in [3.05, 3.63) is 17.3 Å². The van der Waals surface area contributed by atoms with E-state index < -0.39 is 0 Å². The molecule has 0 aromatic carbocycles. The molecule has 0 aliphatic carbocycles. The quantitative estimate of drug-likeness (QED) is 0.922. The first-order chi connectivity index (χ1) is 9.59. The van der Waals surface area contributed by atoms with Gasteiger partial charge in [-0.25, -0.2) is 9.97 Å². The molecule has 1 aliphatic rings. The van der Waals surface area contributed by atoms with Crippen LogP contribution in [0.4, 0.5) is 5.69 Å². The van der Waals surface area contributed by atoms with Crippen LogP contribution in [0.25, 0.3) is 10.3 Å². The zero-order chi connectivity index (χ0) is 14.3. The highest BCUT2D eigenvalue weighted by Crippen LogP contribution is 2.34. The van der Waals surface area contributed by atoms with Gasteiger partial charge in [-0.1, -0.05) is 13.8 Å². The number of carbonyl (C=O) groups is 1. The van der Waals surface area contributed by atoms with Gasteiger partial charge in [0.25, 0.3) is 5.91 Å². The van der Waals surface area contributed by atoms with Crippen molar-refractivity contribution >= 4 is 33.3 Å². The summed E-state index contributed by atoms with van der Waals surface area (Å²) in [5, 5.41) is 0. The van der Waals surface area contributed by atoms with Gasteiger partial charge in [-0.3, -0.25) is 4.79 Å². The van der Waals surface area contributed by atoms with Gasteiger partial charge in [-0.2, -0.15) is 0 Å². The molecule has 5 nitrogen and oxygen atoms in total. The predicted molar refractivity (Wildman–Crippen MR) is 80.7 cm³/mol. The second-order valence-corrected chi connectivity index (χ2v) is 6.51. The van der Waals surface area contributed by atoms with Gasteiger partial charge >= 0.3 is 0 Å². The Bertz CT molecular complexity index is 652. The molecule has 0 radical (unpaired) electrons. The SMILES string of the molecule is CC(C)C1CCCN1C(=O)c1sc2nccnc2c1N. The first-order valence-electron chi connectivity index (χ1n) is 6.89. The lowest BCUT2D eigenvalue weighted by Crippen LogP contribution is -2.38. The second-order valence-electron chi connectivity index (χ2n) is 5.51. The topological polar surface area (TPSA) is 72.1 Å². The highest BCUT2D eigenvalue weighted by Gasteiger charge is 2.33. The van der Waals surface area contributed by atoms with Gasteiger partial charge < -0.3 is 10.6 Å². The smallest absolute Gasteiger partial charge is 0.266 e. The van der Waals surface area contributed by atoms with E-state index in [1.54, 1.807) is 12.4 Å². The van der Waals surface area contributed by atoms with Crippen molar-refractivity contribution in [1.82, 2.24) is 14.9 Å². The third kappa shape index (κ3) is 2.04. The minimum atomic E-state index is 0.0310. The van der Waals surface area contributed by atoms with Gasteiger partial charge in [0.05, 0.1) is 5.69 Å². The number of likely N-dealkylation sites (tertiary alicyclic amines) is 1. The number of hydrogen-bond donors (Lipinski definition) is 1. The third-order valence-electron chi connectivity index (χ3n) is 3.89. The molecule has 3 rings (SSSR count). The molecular weight excluding hydrogens is 272 g/mol. The van der Waals surface area contributed by atoms with E-state index in [4.69, 9.17) is 5.73 Å². The fraction of sp³-hybridized carbons (Fsp3) is 0.500. The fourth-order valence-electron chi connectivity index (χ4n) is 2.87. The number of amides is 1. The maximum atomic E-state index is 12.8. The third-order valence-corrected chi connectivity index (χ3v) is 4.98. The molecule has 0 saturated carbocycles. The highest BCUT2D eigenvalue weighted by atomic mass is 32.1. The molecule has 2 aromatic rings. The van der Waals surface area contributed by atoms with E-state index in [9.17, 15) is 4.79 Å².